The van der Waals surface area contributed by atoms with Gasteiger partial charge >= 0.3 is 0 Å². The van der Waals surface area contributed by atoms with Crippen molar-refractivity contribution in [2.75, 3.05) is 19.8 Å². The van der Waals surface area contributed by atoms with Crippen molar-refractivity contribution in [3.8, 4) is 5.75 Å². The van der Waals surface area contributed by atoms with Gasteiger partial charge in [-0.3, -0.25) is 4.98 Å². The molecular formula is C12H17NO4. The quantitative estimate of drug-likeness (QED) is 0.838. The summed E-state index contributed by atoms with van der Waals surface area (Å²) in [4.78, 5) is 4.03. The Morgan fingerprint density at radius 2 is 2.24 bits per heavy atom. The second-order valence-electron chi connectivity index (χ2n) is 3.81. The average Bonchev–Trinajstić information content (AvgIpc) is 2.83. The minimum absolute atomic E-state index is 0.319. The average molecular weight is 239 g/mol. The van der Waals surface area contributed by atoms with Crippen LogP contribution in [0.1, 0.15) is 25.0 Å². The lowest BCUT2D eigenvalue weighted by atomic mass is 10.1. The van der Waals surface area contributed by atoms with Crippen LogP contribution in [0, 0.1) is 0 Å². The number of hydrogen-bond donors (Lipinski definition) is 1. The van der Waals surface area contributed by atoms with Crippen LogP contribution in [0.4, 0.5) is 0 Å². The van der Waals surface area contributed by atoms with E-state index in [9.17, 15) is 5.11 Å². The number of aliphatic hydroxyl groups excluding tert-OH is 1. The molecule has 94 valence electrons. The Morgan fingerprint density at radius 1 is 1.47 bits per heavy atom. The molecule has 1 atom stereocenters. The van der Waals surface area contributed by atoms with E-state index >= 15 is 0 Å². The number of nitrogens with zero attached hydrogens (tertiary/aromatic N) is 1. The van der Waals surface area contributed by atoms with E-state index in [4.69, 9.17) is 14.2 Å². The summed E-state index contributed by atoms with van der Waals surface area (Å²) < 4.78 is 15.9. The molecule has 1 aliphatic rings. The van der Waals surface area contributed by atoms with Crippen molar-refractivity contribution >= 4 is 0 Å². The third-order valence-corrected chi connectivity index (χ3v) is 2.54. The number of ether oxygens (including phenoxy) is 3. The van der Waals surface area contributed by atoms with Crippen LogP contribution in [0.15, 0.2) is 18.5 Å². The Balaban J connectivity index is 1.97. The van der Waals surface area contributed by atoms with Gasteiger partial charge in [0, 0.05) is 18.2 Å². The lowest BCUT2D eigenvalue weighted by molar-refractivity contribution is -0.0708. The maximum Gasteiger partial charge on any atom is 0.160 e. The molecule has 2 heterocycles. The van der Waals surface area contributed by atoms with Gasteiger partial charge in [0.05, 0.1) is 32.1 Å². The minimum atomic E-state index is -0.647. The van der Waals surface area contributed by atoms with Crippen molar-refractivity contribution in [2.45, 2.75) is 25.7 Å². The summed E-state index contributed by atoms with van der Waals surface area (Å²) in [6.45, 7) is 3.67. The summed E-state index contributed by atoms with van der Waals surface area (Å²) >= 11 is 0. The van der Waals surface area contributed by atoms with E-state index in [0.29, 0.717) is 32.0 Å². The molecule has 1 fully saturated rings. The second-order valence-corrected chi connectivity index (χ2v) is 3.81. The summed E-state index contributed by atoms with van der Waals surface area (Å²) in [5.41, 5.74) is 0.718. The molecule has 0 saturated carbocycles. The molecule has 17 heavy (non-hydrogen) atoms. The summed E-state index contributed by atoms with van der Waals surface area (Å²) in [5.74, 6) is 0.664. The zero-order valence-corrected chi connectivity index (χ0v) is 9.83. The van der Waals surface area contributed by atoms with Crippen LogP contribution in [0.25, 0.3) is 0 Å². The van der Waals surface area contributed by atoms with E-state index in [1.807, 2.05) is 6.92 Å². The first-order chi connectivity index (χ1) is 8.29. The van der Waals surface area contributed by atoms with E-state index in [2.05, 4.69) is 4.98 Å². The smallest absolute Gasteiger partial charge is 0.160 e. The highest BCUT2D eigenvalue weighted by molar-refractivity contribution is 5.25. The van der Waals surface area contributed by atoms with Crippen LogP contribution in [0.3, 0.4) is 0 Å². The lowest BCUT2D eigenvalue weighted by Crippen LogP contribution is -2.13. The van der Waals surface area contributed by atoms with Crippen LogP contribution in [-0.4, -0.2) is 36.2 Å². The van der Waals surface area contributed by atoms with Crippen LogP contribution >= 0.6 is 0 Å². The van der Waals surface area contributed by atoms with Gasteiger partial charge in [0.25, 0.3) is 0 Å². The molecule has 0 spiro atoms. The van der Waals surface area contributed by atoms with Crippen LogP contribution in [0.5, 0.6) is 5.75 Å². The Labute approximate surface area is 100 Å². The van der Waals surface area contributed by atoms with Crippen LogP contribution in [0.2, 0.25) is 0 Å². The van der Waals surface area contributed by atoms with E-state index in [-0.39, 0.29) is 6.29 Å². The van der Waals surface area contributed by atoms with Crippen molar-refractivity contribution in [3.05, 3.63) is 24.0 Å². The summed E-state index contributed by atoms with van der Waals surface area (Å²) in [6.07, 6.45) is 2.70. The van der Waals surface area contributed by atoms with Gasteiger partial charge in [-0.15, -0.1) is 0 Å². The Bertz CT molecular complexity index is 352. The summed E-state index contributed by atoms with van der Waals surface area (Å²) in [7, 11) is 0. The van der Waals surface area contributed by atoms with Gasteiger partial charge in [0.2, 0.25) is 0 Å². The van der Waals surface area contributed by atoms with Gasteiger partial charge in [-0.05, 0) is 13.0 Å². The number of rotatable bonds is 5. The SMILES string of the molecule is CCOc1cncc(C(O)CC2OCCO2)c1. The second kappa shape index (κ2) is 5.95. The van der Waals surface area contributed by atoms with E-state index < -0.39 is 6.10 Å². The summed E-state index contributed by atoms with van der Waals surface area (Å²) in [5, 5.41) is 10.0. The maximum absolute atomic E-state index is 10.0. The first-order valence-corrected chi connectivity index (χ1v) is 5.78. The van der Waals surface area contributed by atoms with E-state index in [1.54, 1.807) is 18.5 Å². The third kappa shape index (κ3) is 3.39. The molecule has 1 aromatic heterocycles. The van der Waals surface area contributed by atoms with Gasteiger partial charge in [-0.1, -0.05) is 0 Å². The third-order valence-electron chi connectivity index (χ3n) is 2.54. The molecule has 1 N–H and O–H groups in total. The van der Waals surface area contributed by atoms with Crippen molar-refractivity contribution < 1.29 is 19.3 Å². The first kappa shape index (κ1) is 12.3. The molecule has 0 aliphatic carbocycles. The van der Waals surface area contributed by atoms with Gasteiger partial charge in [-0.2, -0.15) is 0 Å². The summed E-state index contributed by atoms with van der Waals surface area (Å²) in [6, 6.07) is 1.79. The van der Waals surface area contributed by atoms with Gasteiger partial charge in [-0.25, -0.2) is 0 Å². The molecule has 5 nitrogen and oxygen atoms in total. The molecule has 0 aromatic carbocycles. The number of hydrogen-bond acceptors (Lipinski definition) is 5. The Hall–Kier alpha value is -1.17. The largest absolute Gasteiger partial charge is 0.492 e. The highest BCUT2D eigenvalue weighted by atomic mass is 16.7. The molecule has 1 saturated heterocycles. The standard InChI is InChI=1S/C12H17NO4/c1-2-15-10-5-9(7-13-8-10)11(14)6-12-16-3-4-17-12/h5,7-8,11-12,14H,2-4,6H2,1H3. The predicted octanol–water partition coefficient (Wildman–Crippen LogP) is 1.28. The molecule has 0 bridgehead atoms. The van der Waals surface area contributed by atoms with Crippen molar-refractivity contribution in [3.63, 3.8) is 0 Å². The fourth-order valence-electron chi connectivity index (χ4n) is 1.73. The van der Waals surface area contributed by atoms with Crippen LogP contribution in [-0.2, 0) is 9.47 Å². The Kier molecular flexibility index (Phi) is 4.30. The molecule has 1 aromatic rings. The number of aromatic nitrogens is 1. The normalized spacial score (nSPS) is 18.2. The molecule has 0 amide bonds. The monoisotopic (exact) mass is 239 g/mol. The van der Waals surface area contributed by atoms with Crippen LogP contribution < -0.4 is 4.74 Å². The van der Waals surface area contributed by atoms with Gasteiger partial charge in [0.15, 0.2) is 6.29 Å². The van der Waals surface area contributed by atoms with Gasteiger partial charge < -0.3 is 19.3 Å². The van der Waals surface area contributed by atoms with Crippen molar-refractivity contribution in [1.29, 1.82) is 0 Å². The lowest BCUT2D eigenvalue weighted by Gasteiger charge is -2.15. The first-order valence-electron chi connectivity index (χ1n) is 5.78. The molecular weight excluding hydrogens is 222 g/mol. The van der Waals surface area contributed by atoms with Gasteiger partial charge in [0.1, 0.15) is 5.75 Å². The fourth-order valence-corrected chi connectivity index (χ4v) is 1.73. The molecule has 1 unspecified atom stereocenters. The molecule has 1 aliphatic heterocycles. The minimum Gasteiger partial charge on any atom is -0.492 e. The molecule has 5 heteroatoms. The van der Waals surface area contributed by atoms with Crippen molar-refractivity contribution in [1.82, 2.24) is 4.98 Å². The molecule has 2 rings (SSSR count). The topological polar surface area (TPSA) is 60.8 Å². The maximum atomic E-state index is 10.0. The van der Waals surface area contributed by atoms with E-state index in [0.717, 1.165) is 5.56 Å². The highest BCUT2D eigenvalue weighted by Gasteiger charge is 2.21. The van der Waals surface area contributed by atoms with Crippen molar-refractivity contribution in [2.24, 2.45) is 0 Å². The zero-order valence-electron chi connectivity index (χ0n) is 9.83. The predicted molar refractivity (Wildman–Crippen MR) is 60.7 cm³/mol. The Morgan fingerprint density at radius 3 is 2.94 bits per heavy atom. The number of pyridine rings is 1. The fraction of sp³-hybridized carbons (Fsp3) is 0.583. The highest BCUT2D eigenvalue weighted by Crippen LogP contribution is 2.24. The number of aliphatic hydroxyl groups is 1. The molecule has 0 radical (unpaired) electrons. The van der Waals surface area contributed by atoms with E-state index in [1.165, 1.54) is 0 Å². The zero-order chi connectivity index (χ0) is 12.1.